The van der Waals surface area contributed by atoms with Gasteiger partial charge in [-0.25, -0.2) is 8.78 Å². The molecule has 0 atom stereocenters. The summed E-state index contributed by atoms with van der Waals surface area (Å²) < 4.78 is 26.2. The van der Waals surface area contributed by atoms with Crippen LogP contribution < -0.4 is 10.6 Å². The van der Waals surface area contributed by atoms with Gasteiger partial charge in [-0.15, -0.1) is 0 Å². The molecule has 0 saturated heterocycles. The van der Waals surface area contributed by atoms with Crippen LogP contribution in [-0.2, 0) is 16.0 Å². The Morgan fingerprint density at radius 3 is 2.33 bits per heavy atom. The van der Waals surface area contributed by atoms with Gasteiger partial charge in [-0.2, -0.15) is 0 Å². The van der Waals surface area contributed by atoms with Gasteiger partial charge in [-0.05, 0) is 23.5 Å². The van der Waals surface area contributed by atoms with Crippen molar-refractivity contribution in [3.05, 3.63) is 35.4 Å². The van der Waals surface area contributed by atoms with Crippen LogP contribution in [0.25, 0.3) is 0 Å². The van der Waals surface area contributed by atoms with Gasteiger partial charge >= 0.3 is 0 Å². The number of carbonyl (C=O) groups excluding carboxylic acids is 2. The third-order valence-corrected chi connectivity index (χ3v) is 3.47. The van der Waals surface area contributed by atoms with Crippen LogP contribution in [0.15, 0.2) is 18.2 Å². The maximum atomic E-state index is 13.4. The van der Waals surface area contributed by atoms with Crippen LogP contribution in [0.5, 0.6) is 0 Å². The number of hydrogen-bond acceptors (Lipinski definition) is 3. The lowest BCUT2D eigenvalue weighted by Crippen LogP contribution is -2.37. The second-order valence-corrected chi connectivity index (χ2v) is 6.43. The first kappa shape index (κ1) is 20.0. The first-order valence-corrected chi connectivity index (χ1v) is 7.82. The van der Waals surface area contributed by atoms with Crippen molar-refractivity contribution < 1.29 is 23.5 Å². The normalized spacial score (nSPS) is 11.2. The van der Waals surface area contributed by atoms with E-state index in [1.54, 1.807) is 13.8 Å². The maximum absolute atomic E-state index is 13.4. The standard InChI is InChI=1S/C17H24F2N2O3/c1-17(2,11-22)10-16(24)21-8-7-20-15(23)6-4-12-3-5-13(18)9-14(12)19/h3,5,9,22H,4,6-8,10-11H2,1-2H3,(H,20,23)(H,21,24). The summed E-state index contributed by atoms with van der Waals surface area (Å²) in [6.07, 6.45) is 0.449. The molecule has 0 saturated carbocycles. The zero-order valence-corrected chi connectivity index (χ0v) is 14.0. The monoisotopic (exact) mass is 342 g/mol. The van der Waals surface area contributed by atoms with Crippen molar-refractivity contribution in [3.8, 4) is 0 Å². The molecule has 3 N–H and O–H groups in total. The molecule has 0 heterocycles. The number of carbonyl (C=O) groups is 2. The van der Waals surface area contributed by atoms with Crippen LogP contribution in [0.1, 0.15) is 32.3 Å². The second kappa shape index (κ2) is 9.32. The van der Waals surface area contributed by atoms with E-state index in [4.69, 9.17) is 5.11 Å². The molecule has 5 nitrogen and oxygen atoms in total. The Bertz CT molecular complexity index is 577. The largest absolute Gasteiger partial charge is 0.396 e. The fourth-order valence-corrected chi connectivity index (χ4v) is 2.02. The van der Waals surface area contributed by atoms with Gasteiger partial charge in [-0.1, -0.05) is 19.9 Å². The highest BCUT2D eigenvalue weighted by Crippen LogP contribution is 2.18. The van der Waals surface area contributed by atoms with Crippen molar-refractivity contribution in [2.75, 3.05) is 19.7 Å². The van der Waals surface area contributed by atoms with Crippen molar-refractivity contribution in [2.45, 2.75) is 33.1 Å². The van der Waals surface area contributed by atoms with Gasteiger partial charge in [0.1, 0.15) is 11.6 Å². The number of amides is 2. The minimum Gasteiger partial charge on any atom is -0.396 e. The predicted molar refractivity (Wildman–Crippen MR) is 86.2 cm³/mol. The molecule has 0 aliphatic rings. The van der Waals surface area contributed by atoms with Crippen molar-refractivity contribution in [1.29, 1.82) is 0 Å². The maximum Gasteiger partial charge on any atom is 0.220 e. The molecule has 0 fully saturated rings. The van der Waals surface area contributed by atoms with Gasteiger partial charge in [0.05, 0.1) is 0 Å². The van der Waals surface area contributed by atoms with Gasteiger partial charge in [0, 0.05) is 38.6 Å². The average molecular weight is 342 g/mol. The summed E-state index contributed by atoms with van der Waals surface area (Å²) in [5, 5.41) is 14.4. The van der Waals surface area contributed by atoms with E-state index in [0.717, 1.165) is 12.1 Å². The van der Waals surface area contributed by atoms with Crippen LogP contribution in [0.2, 0.25) is 0 Å². The van der Waals surface area contributed by atoms with Crippen LogP contribution >= 0.6 is 0 Å². The van der Waals surface area contributed by atoms with Gasteiger partial charge in [0.25, 0.3) is 0 Å². The smallest absolute Gasteiger partial charge is 0.220 e. The molecular weight excluding hydrogens is 318 g/mol. The number of aryl methyl sites for hydroxylation is 1. The summed E-state index contributed by atoms with van der Waals surface area (Å²) in [5.74, 6) is -1.79. The highest BCUT2D eigenvalue weighted by molar-refractivity contribution is 5.77. The molecule has 1 rings (SSSR count). The average Bonchev–Trinajstić information content (AvgIpc) is 2.50. The minimum atomic E-state index is -0.665. The lowest BCUT2D eigenvalue weighted by Gasteiger charge is -2.20. The fourth-order valence-electron chi connectivity index (χ4n) is 2.02. The van der Waals surface area contributed by atoms with Gasteiger partial charge < -0.3 is 15.7 Å². The Kier molecular flexibility index (Phi) is 7.78. The van der Waals surface area contributed by atoms with Gasteiger partial charge in [0.15, 0.2) is 0 Å². The van der Waals surface area contributed by atoms with Crippen LogP contribution in [0, 0.1) is 17.0 Å². The Balaban J connectivity index is 2.21. The number of aliphatic hydroxyl groups excluding tert-OH is 1. The van der Waals surface area contributed by atoms with E-state index in [2.05, 4.69) is 10.6 Å². The lowest BCUT2D eigenvalue weighted by molar-refractivity contribution is -0.124. The molecule has 134 valence electrons. The third-order valence-electron chi connectivity index (χ3n) is 3.47. The quantitative estimate of drug-likeness (QED) is 0.596. The van der Waals surface area contributed by atoms with E-state index in [1.807, 2.05) is 0 Å². The fraction of sp³-hybridized carbons (Fsp3) is 0.529. The zero-order valence-electron chi connectivity index (χ0n) is 14.0. The molecule has 0 aromatic heterocycles. The molecule has 7 heteroatoms. The molecule has 2 amide bonds. The highest BCUT2D eigenvalue weighted by atomic mass is 19.1. The molecule has 0 unspecified atom stereocenters. The van der Waals surface area contributed by atoms with E-state index in [9.17, 15) is 18.4 Å². The summed E-state index contributed by atoms with van der Waals surface area (Å²) in [7, 11) is 0. The molecule has 0 bridgehead atoms. The number of halogens is 2. The molecule has 0 radical (unpaired) electrons. The topological polar surface area (TPSA) is 78.4 Å². The number of benzene rings is 1. The van der Waals surface area contributed by atoms with E-state index < -0.39 is 17.0 Å². The van der Waals surface area contributed by atoms with E-state index in [1.165, 1.54) is 6.07 Å². The summed E-state index contributed by atoms with van der Waals surface area (Å²) in [4.78, 5) is 23.3. The van der Waals surface area contributed by atoms with E-state index in [-0.39, 0.29) is 56.3 Å². The molecule has 1 aromatic carbocycles. The molecule has 0 aliphatic heterocycles. The molecule has 1 aromatic rings. The van der Waals surface area contributed by atoms with Gasteiger partial charge in [0.2, 0.25) is 11.8 Å². The lowest BCUT2D eigenvalue weighted by atomic mass is 9.90. The number of rotatable bonds is 9. The number of aliphatic hydroxyl groups is 1. The first-order valence-electron chi connectivity index (χ1n) is 7.82. The summed E-state index contributed by atoms with van der Waals surface area (Å²) in [6, 6.07) is 3.26. The van der Waals surface area contributed by atoms with Crippen molar-refractivity contribution in [2.24, 2.45) is 5.41 Å². The summed E-state index contributed by atoms with van der Waals surface area (Å²) >= 11 is 0. The Hall–Kier alpha value is -2.02. The van der Waals surface area contributed by atoms with E-state index in [0.29, 0.717) is 0 Å². The third kappa shape index (κ3) is 7.50. The SMILES string of the molecule is CC(C)(CO)CC(=O)NCCNC(=O)CCc1ccc(F)cc1F. The Morgan fingerprint density at radius 2 is 1.75 bits per heavy atom. The number of nitrogens with one attached hydrogen (secondary N) is 2. The zero-order chi connectivity index (χ0) is 18.2. The van der Waals surface area contributed by atoms with Gasteiger partial charge in [-0.3, -0.25) is 9.59 Å². The summed E-state index contributed by atoms with van der Waals surface area (Å²) in [5.41, 5.74) is -0.196. The van der Waals surface area contributed by atoms with Crippen molar-refractivity contribution >= 4 is 11.8 Å². The van der Waals surface area contributed by atoms with E-state index >= 15 is 0 Å². The van der Waals surface area contributed by atoms with Crippen LogP contribution in [-0.4, -0.2) is 36.6 Å². The minimum absolute atomic E-state index is 0.0774. The predicted octanol–water partition coefficient (Wildman–Crippen LogP) is 1.54. The van der Waals surface area contributed by atoms with Crippen LogP contribution in [0.3, 0.4) is 0 Å². The Labute approximate surface area is 140 Å². The van der Waals surface area contributed by atoms with Crippen molar-refractivity contribution in [1.82, 2.24) is 10.6 Å². The second-order valence-electron chi connectivity index (χ2n) is 6.43. The molecule has 0 aliphatic carbocycles. The molecule has 0 spiro atoms. The first-order chi connectivity index (χ1) is 11.2. The summed E-state index contributed by atoms with van der Waals surface area (Å²) in [6.45, 7) is 4.01. The highest BCUT2D eigenvalue weighted by Gasteiger charge is 2.20. The van der Waals surface area contributed by atoms with Crippen LogP contribution in [0.4, 0.5) is 8.78 Å². The Morgan fingerprint density at radius 1 is 1.12 bits per heavy atom. The van der Waals surface area contributed by atoms with Crippen molar-refractivity contribution in [3.63, 3.8) is 0 Å². The number of hydrogen-bond donors (Lipinski definition) is 3. The molecular formula is C17H24F2N2O3. The molecule has 24 heavy (non-hydrogen) atoms.